The van der Waals surface area contributed by atoms with Crippen molar-refractivity contribution in [1.29, 1.82) is 0 Å². The number of hydrogen-bond acceptors (Lipinski definition) is 2. The van der Waals surface area contributed by atoms with Crippen molar-refractivity contribution in [3.8, 4) is 0 Å². The van der Waals surface area contributed by atoms with Crippen LogP contribution in [-0.4, -0.2) is 34.1 Å². The fourth-order valence-electron chi connectivity index (χ4n) is 0.312. The quantitative estimate of drug-likeness (QED) is 0.586. The van der Waals surface area contributed by atoms with Gasteiger partial charge in [0.2, 0.25) is 0 Å². The number of H-pyrrole nitrogens is 1. The largest absolute Gasteiger partial charge is 0.268 e. The third-order valence-corrected chi connectivity index (χ3v) is 0.583. The van der Waals surface area contributed by atoms with Gasteiger partial charge in [-0.1, -0.05) is 0 Å². The van der Waals surface area contributed by atoms with Gasteiger partial charge in [0.25, 0.3) is 5.56 Å². The average Bonchev–Trinajstić information content (AvgIpc) is 1.69. The Hall–Kier alpha value is -0.321. The molecule has 0 fully saturated rings. The zero-order valence-corrected chi connectivity index (χ0v) is 6.94. The molecule has 4 heteroatoms. The third-order valence-electron chi connectivity index (χ3n) is 0.583. The zero-order chi connectivity index (χ0) is 5.11. The number of hydrogen-bond donors (Lipinski definition) is 1. The SMILES string of the molecule is O=c1cccn[nH]1.[Sn]. The van der Waals surface area contributed by atoms with E-state index in [1.807, 2.05) is 0 Å². The molecular formula is C4H4N2OSn. The van der Waals surface area contributed by atoms with Gasteiger partial charge in [-0.3, -0.25) is 4.79 Å². The second-order valence-corrected chi connectivity index (χ2v) is 1.11. The predicted molar refractivity (Wildman–Crippen MR) is 30.6 cm³/mol. The van der Waals surface area contributed by atoms with Crippen LogP contribution in [0.15, 0.2) is 23.1 Å². The van der Waals surface area contributed by atoms with Crippen molar-refractivity contribution in [3.05, 3.63) is 28.7 Å². The van der Waals surface area contributed by atoms with Gasteiger partial charge < -0.3 is 0 Å². The van der Waals surface area contributed by atoms with Crippen molar-refractivity contribution < 1.29 is 0 Å². The first-order valence-corrected chi connectivity index (χ1v) is 1.89. The summed E-state index contributed by atoms with van der Waals surface area (Å²) in [5.41, 5.74) is -0.164. The van der Waals surface area contributed by atoms with E-state index in [0.29, 0.717) is 0 Å². The Bertz CT molecular complexity index is 180. The molecule has 8 heavy (non-hydrogen) atoms. The standard InChI is InChI=1S/C4H4N2O.Sn/c7-4-2-1-3-5-6-4;/h1-3H,(H,6,7);. The van der Waals surface area contributed by atoms with E-state index in [4.69, 9.17) is 0 Å². The fourth-order valence-corrected chi connectivity index (χ4v) is 0.312. The van der Waals surface area contributed by atoms with E-state index >= 15 is 0 Å². The first-order valence-electron chi connectivity index (χ1n) is 1.89. The Labute approximate surface area is 63.1 Å². The van der Waals surface area contributed by atoms with Crippen LogP contribution >= 0.6 is 0 Å². The maximum atomic E-state index is 10.2. The van der Waals surface area contributed by atoms with Crippen molar-refractivity contribution in [2.45, 2.75) is 0 Å². The molecule has 0 spiro atoms. The molecule has 0 amide bonds. The van der Waals surface area contributed by atoms with Crippen LogP contribution in [0.25, 0.3) is 0 Å². The minimum absolute atomic E-state index is 0. The van der Waals surface area contributed by atoms with Gasteiger partial charge in [0.05, 0.1) is 0 Å². The minimum atomic E-state index is -0.164. The van der Waals surface area contributed by atoms with Crippen molar-refractivity contribution in [1.82, 2.24) is 10.2 Å². The van der Waals surface area contributed by atoms with Gasteiger partial charge in [0, 0.05) is 36.2 Å². The van der Waals surface area contributed by atoms with E-state index in [1.54, 1.807) is 6.07 Å². The van der Waals surface area contributed by atoms with Crippen LogP contribution in [0.4, 0.5) is 0 Å². The van der Waals surface area contributed by atoms with Crippen LogP contribution in [0, 0.1) is 0 Å². The van der Waals surface area contributed by atoms with E-state index in [0.717, 1.165) is 0 Å². The normalized spacial score (nSPS) is 7.50. The molecule has 0 saturated carbocycles. The van der Waals surface area contributed by atoms with Gasteiger partial charge in [-0.15, -0.1) is 0 Å². The van der Waals surface area contributed by atoms with Crippen molar-refractivity contribution >= 4 is 23.9 Å². The van der Waals surface area contributed by atoms with Crippen LogP contribution in [-0.2, 0) is 0 Å². The fraction of sp³-hybridized carbons (Fsp3) is 0. The molecule has 0 aliphatic rings. The Morgan fingerprint density at radius 1 is 1.62 bits per heavy atom. The molecule has 0 unspecified atom stereocenters. The smallest absolute Gasteiger partial charge is 0.264 e. The first-order chi connectivity index (χ1) is 3.39. The Balaban J connectivity index is 0.000000490. The maximum absolute atomic E-state index is 10.2. The van der Waals surface area contributed by atoms with Crippen LogP contribution in [0.2, 0.25) is 0 Å². The number of nitrogens with one attached hydrogen (secondary N) is 1. The van der Waals surface area contributed by atoms with E-state index in [9.17, 15) is 4.79 Å². The second kappa shape index (κ2) is 3.65. The predicted octanol–water partition coefficient (Wildman–Crippen LogP) is -0.611. The number of aromatic amines is 1. The zero-order valence-electron chi connectivity index (χ0n) is 4.09. The molecule has 0 aliphatic heterocycles. The summed E-state index contributed by atoms with van der Waals surface area (Å²) in [6.07, 6.45) is 1.52. The summed E-state index contributed by atoms with van der Waals surface area (Å²) in [6, 6.07) is 2.99. The molecule has 0 bridgehead atoms. The third kappa shape index (κ3) is 2.11. The Morgan fingerprint density at radius 3 is 2.62 bits per heavy atom. The summed E-state index contributed by atoms with van der Waals surface area (Å²) < 4.78 is 0. The van der Waals surface area contributed by atoms with Crippen molar-refractivity contribution in [2.24, 2.45) is 0 Å². The van der Waals surface area contributed by atoms with Gasteiger partial charge in [0.15, 0.2) is 0 Å². The number of rotatable bonds is 0. The molecule has 1 N–H and O–H groups in total. The molecule has 1 rings (SSSR count). The van der Waals surface area contributed by atoms with Crippen molar-refractivity contribution in [2.75, 3.05) is 0 Å². The van der Waals surface area contributed by atoms with Gasteiger partial charge in [-0.2, -0.15) is 5.10 Å². The summed E-state index contributed by atoms with van der Waals surface area (Å²) in [7, 11) is 0. The summed E-state index contributed by atoms with van der Waals surface area (Å²) in [5.74, 6) is 0. The van der Waals surface area contributed by atoms with Crippen LogP contribution in [0.1, 0.15) is 0 Å². The molecule has 0 saturated heterocycles. The molecule has 1 aromatic rings. The first kappa shape index (κ1) is 7.68. The molecular weight excluding hydrogens is 211 g/mol. The molecule has 0 aliphatic carbocycles. The summed E-state index contributed by atoms with van der Waals surface area (Å²) in [6.45, 7) is 0. The molecule has 0 atom stereocenters. The van der Waals surface area contributed by atoms with Crippen LogP contribution < -0.4 is 5.56 Å². The molecule has 1 aromatic heterocycles. The monoisotopic (exact) mass is 216 g/mol. The Morgan fingerprint density at radius 2 is 2.38 bits per heavy atom. The average molecular weight is 215 g/mol. The number of aromatic nitrogens is 2. The van der Waals surface area contributed by atoms with Crippen LogP contribution in [0.5, 0.6) is 0 Å². The van der Waals surface area contributed by atoms with E-state index in [1.165, 1.54) is 12.3 Å². The second-order valence-electron chi connectivity index (χ2n) is 1.11. The summed E-state index contributed by atoms with van der Waals surface area (Å²) in [4.78, 5) is 10.2. The molecule has 0 aromatic carbocycles. The molecule has 3 nitrogen and oxygen atoms in total. The molecule has 4 radical (unpaired) electrons. The van der Waals surface area contributed by atoms with E-state index in [-0.39, 0.29) is 29.5 Å². The topological polar surface area (TPSA) is 45.8 Å². The summed E-state index contributed by atoms with van der Waals surface area (Å²) >= 11 is 0. The van der Waals surface area contributed by atoms with Crippen molar-refractivity contribution in [3.63, 3.8) is 0 Å². The summed E-state index contributed by atoms with van der Waals surface area (Å²) in [5, 5.41) is 5.67. The molecule has 1 heterocycles. The maximum Gasteiger partial charge on any atom is 0.264 e. The van der Waals surface area contributed by atoms with Gasteiger partial charge >= 0.3 is 0 Å². The van der Waals surface area contributed by atoms with Gasteiger partial charge in [-0.05, 0) is 6.07 Å². The number of nitrogens with zero attached hydrogens (tertiary/aromatic N) is 1. The molecule has 40 valence electrons. The Kier molecular flexibility index (Phi) is 3.51. The van der Waals surface area contributed by atoms with Crippen LogP contribution in [0.3, 0.4) is 0 Å². The van der Waals surface area contributed by atoms with Gasteiger partial charge in [0.1, 0.15) is 0 Å². The minimum Gasteiger partial charge on any atom is -0.268 e. The van der Waals surface area contributed by atoms with E-state index < -0.39 is 0 Å². The van der Waals surface area contributed by atoms with Gasteiger partial charge in [-0.25, -0.2) is 5.10 Å². The van der Waals surface area contributed by atoms with E-state index in [2.05, 4.69) is 10.2 Å².